The zero-order chi connectivity index (χ0) is 29.6. The Kier molecular flexibility index (Phi) is 13.7. The predicted molar refractivity (Wildman–Crippen MR) is 167 cm³/mol. The Morgan fingerprint density at radius 3 is 2.34 bits per heavy atom. The van der Waals surface area contributed by atoms with Crippen LogP contribution in [0.2, 0.25) is 0 Å². The fraction of sp³-hybridized carbons (Fsp3) is 0.375. The van der Waals surface area contributed by atoms with E-state index in [1.807, 2.05) is 55.6 Å². The van der Waals surface area contributed by atoms with Crippen molar-refractivity contribution in [3.8, 4) is 11.1 Å². The number of nitrogens with zero attached hydrogens (tertiary/aromatic N) is 1. The van der Waals surface area contributed by atoms with Crippen molar-refractivity contribution in [2.45, 2.75) is 38.9 Å². The fourth-order valence-electron chi connectivity index (χ4n) is 4.64. The first-order chi connectivity index (χ1) is 19.9. The Labute approximate surface area is 251 Å². The molecule has 0 spiro atoms. The predicted octanol–water partition coefficient (Wildman–Crippen LogP) is 6.51. The summed E-state index contributed by atoms with van der Waals surface area (Å²) in [6.07, 6.45) is 5.46. The quantitative estimate of drug-likeness (QED) is 0.115. The molecule has 0 aliphatic heterocycles. The molecule has 0 saturated heterocycles. The van der Waals surface area contributed by atoms with Gasteiger partial charge in [0.2, 0.25) is 0 Å². The average Bonchev–Trinajstić information content (AvgIpc) is 2.95. The summed E-state index contributed by atoms with van der Waals surface area (Å²) in [7, 11) is 1.26. The van der Waals surface area contributed by atoms with Gasteiger partial charge < -0.3 is 5.32 Å². The fourth-order valence-corrected chi connectivity index (χ4v) is 5.53. The van der Waals surface area contributed by atoms with Crippen molar-refractivity contribution in [1.82, 2.24) is 10.2 Å². The Bertz CT molecular complexity index is 1290. The molecule has 3 aromatic rings. The minimum atomic E-state index is -0.836. The van der Waals surface area contributed by atoms with Gasteiger partial charge in [-0.2, -0.15) is 28.4 Å². The second-order valence-corrected chi connectivity index (χ2v) is 11.7. The highest BCUT2D eigenvalue weighted by Crippen LogP contribution is 2.29. The Morgan fingerprint density at radius 1 is 0.927 bits per heavy atom. The van der Waals surface area contributed by atoms with Crippen molar-refractivity contribution < 1.29 is 23.8 Å². The molecule has 220 valence electrons. The molecule has 1 atom stereocenters. The molecule has 0 radical (unpaired) electrons. The maximum Gasteiger partial charge on any atom is 0.364 e. The van der Waals surface area contributed by atoms with Gasteiger partial charge in [0.1, 0.15) is 11.9 Å². The second-order valence-electron chi connectivity index (χ2n) is 9.76. The molecule has 3 aromatic carbocycles. The third kappa shape index (κ3) is 10.2. The standard InChI is InChI=1S/C32H39FN2O4S2/c1-23-9-5-6-12-27(23)29-20-25(22-35(16-8-17-40-3)21-24-10-7-11-26(33)19-24)13-14-28(29)31(36)34-30(15-18-41-4)32(37)39-38-2/h5-7,9-14,19-20,30H,8,15-18,21-22H2,1-4H3,(H,34,36). The van der Waals surface area contributed by atoms with Crippen LogP contribution in [-0.4, -0.2) is 60.5 Å². The molecule has 0 aromatic heterocycles. The number of carbonyl (C=O) groups excluding carboxylic acids is 2. The topological polar surface area (TPSA) is 67.9 Å². The number of hydrogen-bond donors (Lipinski definition) is 1. The van der Waals surface area contributed by atoms with Crippen LogP contribution in [0.25, 0.3) is 11.1 Å². The van der Waals surface area contributed by atoms with E-state index >= 15 is 0 Å². The van der Waals surface area contributed by atoms with Crippen molar-refractivity contribution >= 4 is 35.4 Å². The number of amides is 1. The number of aryl methyl sites for hydroxylation is 1. The summed E-state index contributed by atoms with van der Waals surface area (Å²) in [5.74, 6) is 0.475. The minimum absolute atomic E-state index is 0.242. The number of benzene rings is 3. The zero-order valence-corrected chi connectivity index (χ0v) is 25.8. The summed E-state index contributed by atoms with van der Waals surface area (Å²) >= 11 is 3.39. The number of thioether (sulfide) groups is 2. The third-order valence-corrected chi connectivity index (χ3v) is 7.99. The van der Waals surface area contributed by atoms with Crippen molar-refractivity contribution in [3.05, 3.63) is 94.8 Å². The van der Waals surface area contributed by atoms with E-state index in [9.17, 15) is 14.0 Å². The van der Waals surface area contributed by atoms with E-state index in [-0.39, 0.29) is 11.7 Å². The van der Waals surface area contributed by atoms with Gasteiger partial charge in [-0.25, -0.2) is 9.18 Å². The van der Waals surface area contributed by atoms with Crippen molar-refractivity contribution in [3.63, 3.8) is 0 Å². The molecule has 0 fully saturated rings. The minimum Gasteiger partial charge on any atom is -0.338 e. The summed E-state index contributed by atoms with van der Waals surface area (Å²) in [5, 5.41) is 2.86. The Balaban J connectivity index is 1.94. The number of carbonyl (C=O) groups is 2. The smallest absolute Gasteiger partial charge is 0.338 e. The van der Waals surface area contributed by atoms with Gasteiger partial charge in [0.15, 0.2) is 0 Å². The van der Waals surface area contributed by atoms with E-state index in [1.165, 1.54) is 13.2 Å². The lowest BCUT2D eigenvalue weighted by atomic mass is 9.93. The van der Waals surface area contributed by atoms with Gasteiger partial charge >= 0.3 is 5.97 Å². The van der Waals surface area contributed by atoms with Crippen LogP contribution in [0, 0.1) is 12.7 Å². The molecule has 41 heavy (non-hydrogen) atoms. The van der Waals surface area contributed by atoms with E-state index < -0.39 is 12.0 Å². The number of hydrogen-bond acceptors (Lipinski definition) is 7. The summed E-state index contributed by atoms with van der Waals surface area (Å²) in [4.78, 5) is 37.7. The monoisotopic (exact) mass is 598 g/mol. The summed E-state index contributed by atoms with van der Waals surface area (Å²) in [5.41, 5.74) is 5.20. The van der Waals surface area contributed by atoms with Gasteiger partial charge in [-0.1, -0.05) is 42.5 Å². The molecule has 9 heteroatoms. The van der Waals surface area contributed by atoms with Gasteiger partial charge in [0.25, 0.3) is 5.91 Å². The Hall–Kier alpha value is -2.85. The molecular weight excluding hydrogens is 559 g/mol. The van der Waals surface area contributed by atoms with E-state index in [0.29, 0.717) is 30.8 Å². The molecule has 1 N–H and O–H groups in total. The van der Waals surface area contributed by atoms with E-state index in [0.717, 1.165) is 46.5 Å². The lowest BCUT2D eigenvalue weighted by Crippen LogP contribution is -2.42. The molecule has 1 amide bonds. The highest BCUT2D eigenvalue weighted by Gasteiger charge is 2.25. The normalized spacial score (nSPS) is 11.9. The molecular formula is C32H39FN2O4S2. The van der Waals surface area contributed by atoms with Crippen molar-refractivity contribution in [2.75, 3.05) is 37.7 Å². The first-order valence-corrected chi connectivity index (χ1v) is 16.3. The summed E-state index contributed by atoms with van der Waals surface area (Å²) in [6, 6.07) is 19.6. The molecule has 1 unspecified atom stereocenters. The lowest BCUT2D eigenvalue weighted by Gasteiger charge is -2.24. The average molecular weight is 599 g/mol. The van der Waals surface area contributed by atoms with Crippen LogP contribution in [0.3, 0.4) is 0 Å². The molecule has 0 aliphatic carbocycles. The maximum atomic E-state index is 13.9. The van der Waals surface area contributed by atoms with Gasteiger partial charge in [0.05, 0.1) is 7.11 Å². The first kappa shape index (κ1) is 32.7. The molecule has 3 rings (SSSR count). The highest BCUT2D eigenvalue weighted by molar-refractivity contribution is 7.98. The number of halogens is 1. The van der Waals surface area contributed by atoms with Crippen LogP contribution in [-0.2, 0) is 27.7 Å². The van der Waals surface area contributed by atoms with Gasteiger partial charge in [-0.3, -0.25) is 14.6 Å². The number of nitrogens with one attached hydrogen (secondary N) is 1. The molecule has 0 saturated carbocycles. The molecule has 0 heterocycles. The lowest BCUT2D eigenvalue weighted by molar-refractivity contribution is -0.256. The molecule has 0 aliphatic rings. The van der Waals surface area contributed by atoms with Gasteiger partial charge in [-0.05, 0) is 102 Å². The largest absolute Gasteiger partial charge is 0.364 e. The van der Waals surface area contributed by atoms with Crippen LogP contribution >= 0.6 is 23.5 Å². The van der Waals surface area contributed by atoms with E-state index in [2.05, 4.69) is 27.4 Å². The van der Waals surface area contributed by atoms with E-state index in [4.69, 9.17) is 4.89 Å². The zero-order valence-electron chi connectivity index (χ0n) is 24.2. The Morgan fingerprint density at radius 2 is 1.66 bits per heavy atom. The molecule has 6 nitrogen and oxygen atoms in total. The maximum absolute atomic E-state index is 13.9. The van der Waals surface area contributed by atoms with Crippen molar-refractivity contribution in [2.24, 2.45) is 0 Å². The highest BCUT2D eigenvalue weighted by atomic mass is 32.2. The first-order valence-electron chi connectivity index (χ1n) is 13.5. The van der Waals surface area contributed by atoms with Crippen LogP contribution < -0.4 is 5.32 Å². The summed E-state index contributed by atoms with van der Waals surface area (Å²) in [6.45, 7) is 4.13. The van der Waals surface area contributed by atoms with Crippen LogP contribution in [0.5, 0.6) is 0 Å². The third-order valence-electron chi connectivity index (χ3n) is 6.65. The second kappa shape index (κ2) is 17.2. The van der Waals surface area contributed by atoms with Crippen LogP contribution in [0.1, 0.15) is 39.9 Å². The van der Waals surface area contributed by atoms with E-state index in [1.54, 1.807) is 35.7 Å². The van der Waals surface area contributed by atoms with Crippen LogP contribution in [0.15, 0.2) is 66.7 Å². The number of rotatable bonds is 16. The summed E-state index contributed by atoms with van der Waals surface area (Å²) < 4.78 is 13.9. The van der Waals surface area contributed by atoms with Crippen molar-refractivity contribution in [1.29, 1.82) is 0 Å². The van der Waals surface area contributed by atoms with Gasteiger partial charge in [-0.15, -0.1) is 0 Å². The molecule has 0 bridgehead atoms. The SMILES string of the molecule is COOC(=O)C(CCSC)NC(=O)c1ccc(CN(CCCSC)Cc2cccc(F)c2)cc1-c1ccccc1C. The van der Waals surface area contributed by atoms with Gasteiger partial charge in [0, 0.05) is 18.7 Å². The van der Waals surface area contributed by atoms with Crippen LogP contribution in [0.4, 0.5) is 4.39 Å².